The number of rotatable bonds is 5. The topological polar surface area (TPSA) is 30.5 Å². The Bertz CT molecular complexity index is 398. The third kappa shape index (κ3) is 3.03. The van der Waals surface area contributed by atoms with Gasteiger partial charge in [-0.05, 0) is 24.1 Å². The highest BCUT2D eigenvalue weighted by Crippen LogP contribution is 2.32. The lowest BCUT2D eigenvalue weighted by atomic mass is 10.1. The SMILES string of the molecule is FCC(F)(F)NCCc1ccc2c(c1)OCO2. The van der Waals surface area contributed by atoms with Gasteiger partial charge in [0.25, 0.3) is 0 Å². The quantitative estimate of drug-likeness (QED) is 0.808. The summed E-state index contributed by atoms with van der Waals surface area (Å²) in [5, 5.41) is 1.84. The minimum atomic E-state index is -3.45. The molecule has 0 spiro atoms. The maximum absolute atomic E-state index is 12.5. The Hall–Kier alpha value is -1.43. The van der Waals surface area contributed by atoms with Crippen LogP contribution in [0.5, 0.6) is 11.5 Å². The summed E-state index contributed by atoms with van der Waals surface area (Å²) in [5.41, 5.74) is 0.830. The van der Waals surface area contributed by atoms with Crippen LogP contribution in [0.25, 0.3) is 0 Å². The van der Waals surface area contributed by atoms with Crippen LogP contribution in [0.1, 0.15) is 5.56 Å². The Morgan fingerprint density at radius 1 is 1.24 bits per heavy atom. The first-order valence-electron chi connectivity index (χ1n) is 5.18. The van der Waals surface area contributed by atoms with Crippen LogP contribution in [0.15, 0.2) is 18.2 Å². The van der Waals surface area contributed by atoms with E-state index in [9.17, 15) is 13.2 Å². The molecule has 1 aromatic carbocycles. The van der Waals surface area contributed by atoms with Gasteiger partial charge in [0.15, 0.2) is 18.2 Å². The zero-order chi connectivity index (χ0) is 12.3. The molecule has 2 rings (SSSR count). The fourth-order valence-electron chi connectivity index (χ4n) is 1.53. The third-order valence-corrected chi connectivity index (χ3v) is 2.40. The van der Waals surface area contributed by atoms with Crippen LogP contribution in [0, 0.1) is 0 Å². The predicted molar refractivity (Wildman–Crippen MR) is 55.2 cm³/mol. The number of hydrogen-bond donors (Lipinski definition) is 1. The summed E-state index contributed by atoms with van der Waals surface area (Å²) in [6.45, 7) is -1.53. The van der Waals surface area contributed by atoms with E-state index in [-0.39, 0.29) is 13.3 Å². The Morgan fingerprint density at radius 2 is 2.00 bits per heavy atom. The number of halogens is 3. The lowest BCUT2D eigenvalue weighted by molar-refractivity contribution is -0.0541. The van der Waals surface area contributed by atoms with Gasteiger partial charge in [0.2, 0.25) is 6.79 Å². The first-order chi connectivity index (χ1) is 8.11. The van der Waals surface area contributed by atoms with Gasteiger partial charge in [0.05, 0.1) is 0 Å². The highest BCUT2D eigenvalue weighted by Gasteiger charge is 2.27. The summed E-state index contributed by atoms with van der Waals surface area (Å²) in [7, 11) is 0. The van der Waals surface area contributed by atoms with Crippen LogP contribution in [0.4, 0.5) is 13.2 Å². The number of hydrogen-bond acceptors (Lipinski definition) is 3. The number of nitrogens with one attached hydrogen (secondary N) is 1. The molecule has 3 nitrogen and oxygen atoms in total. The van der Waals surface area contributed by atoms with Crippen LogP contribution < -0.4 is 14.8 Å². The van der Waals surface area contributed by atoms with Crippen molar-refractivity contribution in [2.24, 2.45) is 0 Å². The Balaban J connectivity index is 1.88. The van der Waals surface area contributed by atoms with Gasteiger partial charge >= 0.3 is 6.05 Å². The molecule has 0 radical (unpaired) electrons. The molecule has 0 fully saturated rings. The van der Waals surface area contributed by atoms with E-state index in [1.54, 1.807) is 18.2 Å². The third-order valence-electron chi connectivity index (χ3n) is 2.40. The van der Waals surface area contributed by atoms with Gasteiger partial charge in [-0.1, -0.05) is 6.07 Å². The van der Waals surface area contributed by atoms with Crippen LogP contribution >= 0.6 is 0 Å². The molecule has 0 amide bonds. The molecular formula is C11H12F3NO2. The fourth-order valence-corrected chi connectivity index (χ4v) is 1.53. The van der Waals surface area contributed by atoms with Gasteiger partial charge in [-0.15, -0.1) is 0 Å². The summed E-state index contributed by atoms with van der Waals surface area (Å²) in [4.78, 5) is 0. The van der Waals surface area contributed by atoms with E-state index >= 15 is 0 Å². The van der Waals surface area contributed by atoms with E-state index in [1.165, 1.54) is 0 Å². The molecule has 0 aromatic heterocycles. The number of benzene rings is 1. The molecule has 0 aliphatic carbocycles. The molecule has 0 saturated heterocycles. The molecule has 1 N–H and O–H groups in total. The summed E-state index contributed by atoms with van der Waals surface area (Å²) >= 11 is 0. The molecule has 0 atom stereocenters. The van der Waals surface area contributed by atoms with Crippen molar-refractivity contribution in [2.75, 3.05) is 20.0 Å². The van der Waals surface area contributed by atoms with Crippen molar-refractivity contribution in [3.8, 4) is 11.5 Å². The van der Waals surface area contributed by atoms with Gasteiger partial charge in [0, 0.05) is 6.54 Å². The van der Waals surface area contributed by atoms with Crippen molar-refractivity contribution >= 4 is 0 Å². The minimum Gasteiger partial charge on any atom is -0.454 e. The second-order valence-corrected chi connectivity index (χ2v) is 3.70. The van der Waals surface area contributed by atoms with E-state index in [0.29, 0.717) is 17.9 Å². The van der Waals surface area contributed by atoms with E-state index in [2.05, 4.69) is 0 Å². The van der Waals surface area contributed by atoms with Gasteiger partial charge in [-0.2, -0.15) is 8.78 Å². The molecule has 1 aliphatic heterocycles. The fraction of sp³-hybridized carbons (Fsp3) is 0.455. The molecule has 17 heavy (non-hydrogen) atoms. The van der Waals surface area contributed by atoms with Gasteiger partial charge < -0.3 is 9.47 Å². The van der Waals surface area contributed by atoms with Gasteiger partial charge in [-0.3, -0.25) is 5.32 Å². The monoisotopic (exact) mass is 247 g/mol. The van der Waals surface area contributed by atoms with E-state index < -0.39 is 12.7 Å². The smallest absolute Gasteiger partial charge is 0.330 e. The van der Waals surface area contributed by atoms with Crippen LogP contribution in [0.3, 0.4) is 0 Å². The van der Waals surface area contributed by atoms with Crippen molar-refractivity contribution in [3.05, 3.63) is 23.8 Å². The number of alkyl halides is 3. The Labute approximate surface area is 96.5 Å². The normalized spacial score (nSPS) is 14.1. The van der Waals surface area contributed by atoms with Crippen molar-refractivity contribution in [1.82, 2.24) is 5.32 Å². The number of fused-ring (bicyclic) bond motifs is 1. The molecule has 94 valence electrons. The average molecular weight is 247 g/mol. The molecule has 0 unspecified atom stereocenters. The predicted octanol–water partition coefficient (Wildman–Crippen LogP) is 2.11. The van der Waals surface area contributed by atoms with Crippen LogP contribution in [-0.2, 0) is 6.42 Å². The second kappa shape index (κ2) is 4.83. The minimum absolute atomic E-state index is 0.00341. The maximum Gasteiger partial charge on any atom is 0.330 e. The van der Waals surface area contributed by atoms with Crippen molar-refractivity contribution in [2.45, 2.75) is 12.5 Å². The summed E-state index contributed by atoms with van der Waals surface area (Å²) < 4.78 is 47.2. The maximum atomic E-state index is 12.5. The van der Waals surface area contributed by atoms with Crippen molar-refractivity contribution in [1.29, 1.82) is 0 Å². The van der Waals surface area contributed by atoms with Crippen molar-refractivity contribution in [3.63, 3.8) is 0 Å². The zero-order valence-corrected chi connectivity index (χ0v) is 9.01. The molecule has 0 bridgehead atoms. The molecule has 0 saturated carbocycles. The van der Waals surface area contributed by atoms with Crippen LogP contribution in [0.2, 0.25) is 0 Å². The van der Waals surface area contributed by atoms with E-state index in [0.717, 1.165) is 5.56 Å². The Kier molecular flexibility index (Phi) is 3.42. The molecule has 1 aromatic rings. The highest BCUT2D eigenvalue weighted by atomic mass is 19.3. The van der Waals surface area contributed by atoms with E-state index in [4.69, 9.17) is 9.47 Å². The van der Waals surface area contributed by atoms with Gasteiger partial charge in [-0.25, -0.2) is 4.39 Å². The van der Waals surface area contributed by atoms with Gasteiger partial charge in [0.1, 0.15) is 0 Å². The first-order valence-corrected chi connectivity index (χ1v) is 5.18. The lowest BCUT2D eigenvalue weighted by Gasteiger charge is -2.13. The molecule has 1 heterocycles. The molecular weight excluding hydrogens is 235 g/mol. The molecule has 6 heteroatoms. The summed E-state index contributed by atoms with van der Waals surface area (Å²) in [6, 6.07) is 1.78. The molecule has 1 aliphatic rings. The first kappa shape index (κ1) is 12.0. The second-order valence-electron chi connectivity index (χ2n) is 3.70. The van der Waals surface area contributed by atoms with E-state index in [1.807, 2.05) is 5.32 Å². The van der Waals surface area contributed by atoms with Crippen molar-refractivity contribution < 1.29 is 22.6 Å². The largest absolute Gasteiger partial charge is 0.454 e. The Morgan fingerprint density at radius 3 is 2.76 bits per heavy atom. The highest BCUT2D eigenvalue weighted by molar-refractivity contribution is 5.44. The lowest BCUT2D eigenvalue weighted by Crippen LogP contribution is -2.39. The average Bonchev–Trinajstić information content (AvgIpc) is 2.76. The summed E-state index contributed by atoms with van der Waals surface area (Å²) in [6.07, 6.45) is 0.367. The number of ether oxygens (including phenoxy) is 2. The standard InChI is InChI=1S/C11H12F3NO2/c12-6-11(13,14)15-4-3-8-1-2-9-10(5-8)17-7-16-9/h1-2,5,15H,3-4,6-7H2. The zero-order valence-electron chi connectivity index (χ0n) is 9.01. The summed E-state index contributed by atoms with van der Waals surface area (Å²) in [5.74, 6) is 1.26. The van der Waals surface area contributed by atoms with Crippen LogP contribution in [-0.4, -0.2) is 26.1 Å².